The van der Waals surface area contributed by atoms with Crippen molar-refractivity contribution in [1.82, 2.24) is 5.32 Å². The number of aliphatic hydroxyl groups excluding tert-OH is 1. The predicted octanol–water partition coefficient (Wildman–Crippen LogP) is 3.46. The van der Waals surface area contributed by atoms with Gasteiger partial charge in [-0.1, -0.05) is 50.2 Å². The molecule has 2 atom stereocenters. The maximum absolute atomic E-state index is 11.5. The molecular formula is C22H32N2O3. The summed E-state index contributed by atoms with van der Waals surface area (Å²) in [6, 6.07) is 15.6. The number of hydrogen-bond acceptors (Lipinski definition) is 4. The second kappa shape index (κ2) is 12.1. The third-order valence-electron chi connectivity index (χ3n) is 4.24. The summed E-state index contributed by atoms with van der Waals surface area (Å²) >= 11 is 0. The van der Waals surface area contributed by atoms with Gasteiger partial charge in [0, 0.05) is 12.6 Å². The number of rotatable bonds is 9. The molecule has 0 saturated carbocycles. The maximum atomic E-state index is 11.5. The molecule has 2 aromatic carbocycles. The van der Waals surface area contributed by atoms with E-state index in [4.69, 9.17) is 10.5 Å². The fourth-order valence-electron chi connectivity index (χ4n) is 2.69. The molecule has 148 valence electrons. The average molecular weight is 373 g/mol. The molecule has 0 radical (unpaired) electrons. The van der Waals surface area contributed by atoms with Crippen LogP contribution in [-0.4, -0.2) is 30.7 Å². The monoisotopic (exact) mass is 372 g/mol. The number of benzene rings is 2. The van der Waals surface area contributed by atoms with Crippen molar-refractivity contribution in [2.75, 3.05) is 13.7 Å². The Kier molecular flexibility index (Phi) is 10.2. The van der Waals surface area contributed by atoms with E-state index in [0.717, 1.165) is 12.8 Å². The number of methoxy groups -OCH3 is 1. The summed E-state index contributed by atoms with van der Waals surface area (Å²) in [6.45, 7) is 6.50. The molecule has 0 aliphatic heterocycles. The molecule has 0 spiro atoms. The van der Waals surface area contributed by atoms with Gasteiger partial charge in [0.25, 0.3) is 5.91 Å². The van der Waals surface area contributed by atoms with Crippen molar-refractivity contribution in [3.8, 4) is 5.75 Å². The summed E-state index contributed by atoms with van der Waals surface area (Å²) < 4.78 is 5.12. The molecule has 4 N–H and O–H groups in total. The van der Waals surface area contributed by atoms with Crippen LogP contribution in [0.5, 0.6) is 5.75 Å². The number of hydrogen-bond donors (Lipinski definition) is 3. The van der Waals surface area contributed by atoms with Crippen LogP contribution in [0.3, 0.4) is 0 Å². The van der Waals surface area contributed by atoms with E-state index in [0.29, 0.717) is 17.9 Å². The van der Waals surface area contributed by atoms with Gasteiger partial charge in [0.1, 0.15) is 5.75 Å². The second-order valence-corrected chi connectivity index (χ2v) is 6.17. The van der Waals surface area contributed by atoms with Crippen LogP contribution in [0.15, 0.2) is 48.5 Å². The number of aryl methyl sites for hydroxylation is 1. The SMILES string of the molecule is CC.COc1ccc(C(O)CNC(C)CCc2ccccc2)cc1C(N)=O. The zero-order valence-electron chi connectivity index (χ0n) is 16.7. The number of ether oxygens (including phenoxy) is 1. The van der Waals surface area contributed by atoms with E-state index in [9.17, 15) is 9.90 Å². The minimum absolute atomic E-state index is 0.267. The number of carbonyl (C=O) groups excluding carboxylic acids is 1. The average Bonchev–Trinajstić information content (AvgIpc) is 2.72. The van der Waals surface area contributed by atoms with E-state index in [1.54, 1.807) is 18.2 Å². The number of carbonyl (C=O) groups is 1. The summed E-state index contributed by atoms with van der Waals surface area (Å²) in [6.07, 6.45) is 1.24. The van der Waals surface area contributed by atoms with E-state index >= 15 is 0 Å². The molecule has 2 rings (SSSR count). The Morgan fingerprint density at radius 1 is 1.19 bits per heavy atom. The van der Waals surface area contributed by atoms with Crippen LogP contribution in [0.1, 0.15) is 54.8 Å². The molecule has 27 heavy (non-hydrogen) atoms. The number of nitrogens with one attached hydrogen (secondary N) is 1. The van der Waals surface area contributed by atoms with Crippen molar-refractivity contribution in [2.24, 2.45) is 5.73 Å². The molecule has 1 amide bonds. The van der Waals surface area contributed by atoms with Gasteiger partial charge in [0.2, 0.25) is 0 Å². The first-order valence-corrected chi connectivity index (χ1v) is 9.44. The summed E-state index contributed by atoms with van der Waals surface area (Å²) in [5.41, 5.74) is 7.57. The topological polar surface area (TPSA) is 84.6 Å². The minimum atomic E-state index is -0.719. The Morgan fingerprint density at radius 3 is 2.44 bits per heavy atom. The lowest BCUT2D eigenvalue weighted by Crippen LogP contribution is -2.31. The number of primary amides is 1. The van der Waals surface area contributed by atoms with E-state index in [1.807, 2.05) is 32.0 Å². The summed E-state index contributed by atoms with van der Waals surface area (Å²) in [4.78, 5) is 11.5. The fraction of sp³-hybridized carbons (Fsp3) is 0.409. The maximum Gasteiger partial charge on any atom is 0.252 e. The highest BCUT2D eigenvalue weighted by Crippen LogP contribution is 2.23. The van der Waals surface area contributed by atoms with Crippen molar-refractivity contribution in [2.45, 2.75) is 45.8 Å². The highest BCUT2D eigenvalue weighted by atomic mass is 16.5. The Hall–Kier alpha value is -2.37. The van der Waals surface area contributed by atoms with Crippen LogP contribution < -0.4 is 15.8 Å². The third kappa shape index (κ3) is 7.41. The Bertz CT molecular complexity index is 689. The number of aliphatic hydroxyl groups is 1. The Labute approximate surface area is 162 Å². The first kappa shape index (κ1) is 22.7. The molecule has 0 aliphatic carbocycles. The second-order valence-electron chi connectivity index (χ2n) is 6.17. The van der Waals surface area contributed by atoms with Crippen molar-refractivity contribution in [3.05, 3.63) is 65.2 Å². The molecular weight excluding hydrogens is 340 g/mol. The Balaban J connectivity index is 0.00000176. The number of amides is 1. The van der Waals surface area contributed by atoms with Crippen molar-refractivity contribution in [3.63, 3.8) is 0 Å². The largest absolute Gasteiger partial charge is 0.496 e. The van der Waals surface area contributed by atoms with Gasteiger partial charge >= 0.3 is 0 Å². The van der Waals surface area contributed by atoms with Crippen molar-refractivity contribution < 1.29 is 14.6 Å². The molecule has 0 fully saturated rings. The summed E-state index contributed by atoms with van der Waals surface area (Å²) in [5, 5.41) is 13.7. The minimum Gasteiger partial charge on any atom is -0.496 e. The lowest BCUT2D eigenvalue weighted by Gasteiger charge is -2.18. The molecule has 0 saturated heterocycles. The van der Waals surface area contributed by atoms with E-state index in [2.05, 4.69) is 24.4 Å². The van der Waals surface area contributed by atoms with E-state index in [1.165, 1.54) is 12.7 Å². The van der Waals surface area contributed by atoms with Crippen LogP contribution in [0.4, 0.5) is 0 Å². The first-order chi connectivity index (χ1) is 13.0. The van der Waals surface area contributed by atoms with Gasteiger partial charge in [0.15, 0.2) is 0 Å². The van der Waals surface area contributed by atoms with Gasteiger partial charge in [-0.25, -0.2) is 0 Å². The van der Waals surface area contributed by atoms with E-state index in [-0.39, 0.29) is 11.6 Å². The standard InChI is InChI=1S/C20H26N2O3.C2H6/c1-14(8-9-15-6-4-3-5-7-15)22-13-18(23)16-10-11-19(25-2)17(12-16)20(21)24;1-2/h3-7,10-12,14,18,22-23H,8-9,13H2,1-2H3,(H2,21,24);1-2H3. The number of nitrogens with two attached hydrogens (primary N) is 1. The Morgan fingerprint density at radius 2 is 1.85 bits per heavy atom. The van der Waals surface area contributed by atoms with Crippen LogP contribution in [0, 0.1) is 0 Å². The van der Waals surface area contributed by atoms with Crippen LogP contribution in [0.25, 0.3) is 0 Å². The third-order valence-corrected chi connectivity index (χ3v) is 4.24. The van der Waals surface area contributed by atoms with Gasteiger partial charge in [-0.15, -0.1) is 0 Å². The molecule has 5 nitrogen and oxygen atoms in total. The van der Waals surface area contributed by atoms with Gasteiger partial charge in [-0.3, -0.25) is 4.79 Å². The molecule has 0 bridgehead atoms. The van der Waals surface area contributed by atoms with Gasteiger partial charge in [-0.05, 0) is 43.0 Å². The fourth-order valence-corrected chi connectivity index (χ4v) is 2.69. The van der Waals surface area contributed by atoms with Crippen molar-refractivity contribution >= 4 is 5.91 Å². The van der Waals surface area contributed by atoms with E-state index < -0.39 is 12.0 Å². The van der Waals surface area contributed by atoms with Crippen LogP contribution >= 0.6 is 0 Å². The predicted molar refractivity (Wildman–Crippen MR) is 110 cm³/mol. The first-order valence-electron chi connectivity index (χ1n) is 9.44. The smallest absolute Gasteiger partial charge is 0.252 e. The summed E-state index contributed by atoms with van der Waals surface area (Å²) in [7, 11) is 1.48. The zero-order valence-corrected chi connectivity index (χ0v) is 16.7. The van der Waals surface area contributed by atoms with Gasteiger partial charge in [-0.2, -0.15) is 0 Å². The lowest BCUT2D eigenvalue weighted by atomic mass is 10.0. The van der Waals surface area contributed by atoms with Gasteiger partial charge in [0.05, 0.1) is 18.8 Å². The molecule has 0 heterocycles. The van der Waals surface area contributed by atoms with Crippen LogP contribution in [-0.2, 0) is 6.42 Å². The molecule has 0 aromatic heterocycles. The molecule has 5 heteroatoms. The highest BCUT2D eigenvalue weighted by molar-refractivity contribution is 5.95. The van der Waals surface area contributed by atoms with Crippen LogP contribution in [0.2, 0.25) is 0 Å². The zero-order chi connectivity index (χ0) is 20.2. The quantitative estimate of drug-likeness (QED) is 0.629. The highest BCUT2D eigenvalue weighted by Gasteiger charge is 2.15. The van der Waals surface area contributed by atoms with Gasteiger partial charge < -0.3 is 20.9 Å². The molecule has 0 aliphatic rings. The normalized spacial score (nSPS) is 12.5. The summed E-state index contributed by atoms with van der Waals surface area (Å²) in [5.74, 6) is -0.164. The molecule has 2 aromatic rings. The van der Waals surface area contributed by atoms with Crippen molar-refractivity contribution in [1.29, 1.82) is 0 Å². The molecule has 2 unspecified atom stereocenters. The lowest BCUT2D eigenvalue weighted by molar-refractivity contribution is 0.0997.